The van der Waals surface area contributed by atoms with E-state index in [1.54, 1.807) is 11.3 Å². The SMILES string of the molecule is CCCC(CC(=O)O)NC(=O)NCc1ccc(Br)s1. The topological polar surface area (TPSA) is 78.4 Å². The number of hydrogen-bond donors (Lipinski definition) is 3. The number of carbonyl (C=O) groups is 2. The minimum Gasteiger partial charge on any atom is -0.481 e. The van der Waals surface area contributed by atoms with E-state index in [1.165, 1.54) is 0 Å². The first-order valence-electron chi connectivity index (χ1n) is 6.01. The second kappa shape index (κ2) is 8.16. The summed E-state index contributed by atoms with van der Waals surface area (Å²) in [5.74, 6) is -0.902. The molecule has 1 aromatic heterocycles. The van der Waals surface area contributed by atoms with E-state index >= 15 is 0 Å². The summed E-state index contributed by atoms with van der Waals surface area (Å²) in [4.78, 5) is 23.4. The van der Waals surface area contributed by atoms with E-state index in [0.29, 0.717) is 13.0 Å². The average molecular weight is 349 g/mol. The highest BCUT2D eigenvalue weighted by molar-refractivity contribution is 9.11. The molecule has 1 atom stereocenters. The Labute approximate surface area is 124 Å². The number of carbonyl (C=O) groups excluding carboxylic acids is 1. The molecule has 0 spiro atoms. The fourth-order valence-corrected chi connectivity index (χ4v) is 3.06. The normalized spacial score (nSPS) is 11.9. The van der Waals surface area contributed by atoms with Crippen molar-refractivity contribution in [2.45, 2.75) is 38.8 Å². The Hall–Kier alpha value is -1.08. The maximum atomic E-state index is 11.7. The zero-order valence-electron chi connectivity index (χ0n) is 10.6. The maximum Gasteiger partial charge on any atom is 0.315 e. The molecule has 0 aromatic carbocycles. The first kappa shape index (κ1) is 16.0. The predicted molar refractivity (Wildman–Crippen MR) is 78.3 cm³/mol. The molecule has 0 radical (unpaired) electrons. The molecule has 0 saturated carbocycles. The zero-order valence-corrected chi connectivity index (χ0v) is 13.0. The largest absolute Gasteiger partial charge is 0.481 e. The van der Waals surface area contributed by atoms with E-state index in [9.17, 15) is 9.59 Å². The van der Waals surface area contributed by atoms with Crippen molar-refractivity contribution in [1.82, 2.24) is 10.6 Å². The van der Waals surface area contributed by atoms with Crippen LogP contribution >= 0.6 is 27.3 Å². The van der Waals surface area contributed by atoms with Gasteiger partial charge < -0.3 is 15.7 Å². The van der Waals surface area contributed by atoms with Gasteiger partial charge in [-0.2, -0.15) is 0 Å². The molecule has 2 amide bonds. The van der Waals surface area contributed by atoms with Crippen LogP contribution in [0.3, 0.4) is 0 Å². The van der Waals surface area contributed by atoms with Crippen molar-refractivity contribution < 1.29 is 14.7 Å². The maximum absolute atomic E-state index is 11.7. The first-order chi connectivity index (χ1) is 9.01. The second-order valence-corrected chi connectivity index (χ2v) is 6.66. The van der Waals surface area contributed by atoms with Crippen molar-refractivity contribution in [1.29, 1.82) is 0 Å². The minimum atomic E-state index is -0.902. The van der Waals surface area contributed by atoms with Crippen LogP contribution in [0.25, 0.3) is 0 Å². The number of urea groups is 1. The van der Waals surface area contributed by atoms with Crippen molar-refractivity contribution in [3.63, 3.8) is 0 Å². The van der Waals surface area contributed by atoms with Crippen molar-refractivity contribution >= 4 is 39.3 Å². The standard InChI is InChI=1S/C12H17BrN2O3S/c1-2-3-8(6-11(16)17)15-12(18)14-7-9-4-5-10(13)19-9/h4-5,8H,2-3,6-7H2,1H3,(H,16,17)(H2,14,15,18). The Kier molecular flexibility index (Phi) is 6.86. The third-order valence-electron chi connectivity index (χ3n) is 2.45. The lowest BCUT2D eigenvalue weighted by molar-refractivity contribution is -0.137. The number of rotatable bonds is 7. The molecule has 106 valence electrons. The fraction of sp³-hybridized carbons (Fsp3) is 0.500. The highest BCUT2D eigenvalue weighted by Gasteiger charge is 2.14. The number of nitrogens with one attached hydrogen (secondary N) is 2. The van der Waals surface area contributed by atoms with Crippen LogP contribution in [-0.2, 0) is 11.3 Å². The Morgan fingerprint density at radius 3 is 2.74 bits per heavy atom. The first-order valence-corrected chi connectivity index (χ1v) is 7.62. The van der Waals surface area contributed by atoms with E-state index in [1.807, 2.05) is 19.1 Å². The van der Waals surface area contributed by atoms with Crippen LogP contribution in [0, 0.1) is 0 Å². The molecular weight excluding hydrogens is 332 g/mol. The Morgan fingerprint density at radius 1 is 1.47 bits per heavy atom. The van der Waals surface area contributed by atoms with E-state index in [-0.39, 0.29) is 18.5 Å². The van der Waals surface area contributed by atoms with Gasteiger partial charge in [0, 0.05) is 10.9 Å². The Bertz CT molecular complexity index is 436. The molecule has 1 heterocycles. The van der Waals surface area contributed by atoms with Gasteiger partial charge in [0.25, 0.3) is 0 Å². The third-order valence-corrected chi connectivity index (χ3v) is 4.07. The molecule has 3 N–H and O–H groups in total. The van der Waals surface area contributed by atoms with Crippen molar-refractivity contribution in [3.05, 3.63) is 20.8 Å². The van der Waals surface area contributed by atoms with Crippen LogP contribution in [0.5, 0.6) is 0 Å². The summed E-state index contributed by atoms with van der Waals surface area (Å²) in [5.41, 5.74) is 0. The highest BCUT2D eigenvalue weighted by atomic mass is 79.9. The van der Waals surface area contributed by atoms with Gasteiger partial charge in [-0.15, -0.1) is 11.3 Å². The van der Waals surface area contributed by atoms with Gasteiger partial charge in [0.15, 0.2) is 0 Å². The molecule has 0 aliphatic rings. The monoisotopic (exact) mass is 348 g/mol. The summed E-state index contributed by atoms with van der Waals surface area (Å²) in [6, 6.07) is 3.20. The van der Waals surface area contributed by atoms with Gasteiger partial charge in [-0.3, -0.25) is 4.79 Å². The van der Waals surface area contributed by atoms with E-state index < -0.39 is 5.97 Å². The van der Waals surface area contributed by atoms with Crippen molar-refractivity contribution in [2.24, 2.45) is 0 Å². The second-order valence-electron chi connectivity index (χ2n) is 4.12. The van der Waals surface area contributed by atoms with Crippen molar-refractivity contribution in [2.75, 3.05) is 0 Å². The quantitative estimate of drug-likeness (QED) is 0.708. The number of amides is 2. The van der Waals surface area contributed by atoms with Crippen LogP contribution < -0.4 is 10.6 Å². The lowest BCUT2D eigenvalue weighted by Gasteiger charge is -2.16. The molecule has 0 saturated heterocycles. The van der Waals surface area contributed by atoms with Gasteiger partial charge in [-0.05, 0) is 34.5 Å². The molecule has 0 fully saturated rings. The molecule has 1 aromatic rings. The van der Waals surface area contributed by atoms with Gasteiger partial charge in [0.05, 0.1) is 16.8 Å². The lowest BCUT2D eigenvalue weighted by Crippen LogP contribution is -2.42. The van der Waals surface area contributed by atoms with Gasteiger partial charge in [0.2, 0.25) is 0 Å². The number of carboxylic acids is 1. The van der Waals surface area contributed by atoms with Crippen LogP contribution in [0.15, 0.2) is 15.9 Å². The average Bonchev–Trinajstić information content (AvgIpc) is 2.72. The molecule has 1 rings (SSSR count). The molecule has 0 aliphatic carbocycles. The summed E-state index contributed by atoms with van der Waals surface area (Å²) in [5, 5.41) is 14.2. The van der Waals surface area contributed by atoms with E-state index in [0.717, 1.165) is 15.1 Å². The summed E-state index contributed by atoms with van der Waals surface area (Å²) in [7, 11) is 0. The summed E-state index contributed by atoms with van der Waals surface area (Å²) >= 11 is 4.90. The van der Waals surface area contributed by atoms with Crippen LogP contribution in [0.4, 0.5) is 4.79 Å². The van der Waals surface area contributed by atoms with E-state index in [4.69, 9.17) is 5.11 Å². The van der Waals surface area contributed by atoms with Crippen LogP contribution in [0.1, 0.15) is 31.1 Å². The molecule has 5 nitrogen and oxygen atoms in total. The summed E-state index contributed by atoms with van der Waals surface area (Å²) in [6.07, 6.45) is 1.44. The van der Waals surface area contributed by atoms with Gasteiger partial charge >= 0.3 is 12.0 Å². The number of hydrogen-bond acceptors (Lipinski definition) is 3. The number of carboxylic acid groups (broad SMARTS) is 1. The van der Waals surface area contributed by atoms with E-state index in [2.05, 4.69) is 26.6 Å². The predicted octanol–water partition coefficient (Wildman–Crippen LogP) is 2.95. The van der Waals surface area contributed by atoms with Crippen LogP contribution in [-0.4, -0.2) is 23.1 Å². The molecular formula is C12H17BrN2O3S. The number of thiophene rings is 1. The van der Waals surface area contributed by atoms with Crippen LogP contribution in [0.2, 0.25) is 0 Å². The lowest BCUT2D eigenvalue weighted by atomic mass is 10.1. The molecule has 0 bridgehead atoms. The zero-order chi connectivity index (χ0) is 14.3. The summed E-state index contributed by atoms with van der Waals surface area (Å²) in [6.45, 7) is 2.39. The van der Waals surface area contributed by atoms with Gasteiger partial charge in [-0.25, -0.2) is 4.79 Å². The molecule has 1 unspecified atom stereocenters. The molecule has 0 aliphatic heterocycles. The van der Waals surface area contributed by atoms with Crippen molar-refractivity contribution in [3.8, 4) is 0 Å². The Balaban J connectivity index is 2.37. The Morgan fingerprint density at radius 2 is 2.21 bits per heavy atom. The van der Waals surface area contributed by atoms with Gasteiger partial charge in [0.1, 0.15) is 0 Å². The third kappa shape index (κ3) is 6.58. The fourth-order valence-electron chi connectivity index (χ4n) is 1.64. The number of aliphatic carboxylic acids is 1. The highest BCUT2D eigenvalue weighted by Crippen LogP contribution is 2.21. The molecule has 7 heteroatoms. The molecule has 19 heavy (non-hydrogen) atoms. The summed E-state index contributed by atoms with van der Waals surface area (Å²) < 4.78 is 1.01. The van der Waals surface area contributed by atoms with Gasteiger partial charge in [-0.1, -0.05) is 13.3 Å². The number of halogens is 1. The minimum absolute atomic E-state index is 0.0498. The smallest absolute Gasteiger partial charge is 0.315 e.